The minimum atomic E-state index is -0.832. The first-order valence-electron chi connectivity index (χ1n) is 10.8. The van der Waals surface area contributed by atoms with E-state index in [-0.39, 0.29) is 18.5 Å². The number of hydrogen-bond donors (Lipinski definition) is 0. The van der Waals surface area contributed by atoms with Crippen LogP contribution in [0.2, 0.25) is 0 Å². The summed E-state index contributed by atoms with van der Waals surface area (Å²) in [4.78, 5) is 0. The molecule has 5 heteroatoms. The highest BCUT2D eigenvalue weighted by molar-refractivity contribution is 5.48. The Hall–Kier alpha value is -2.70. The Labute approximate surface area is 189 Å². The van der Waals surface area contributed by atoms with Crippen LogP contribution in [0.5, 0.6) is 5.75 Å². The minimum Gasteiger partial charge on any atom is -0.497 e. The average Bonchev–Trinajstić information content (AvgIpc) is 3.28. The molecule has 3 aromatic rings. The molecule has 1 saturated heterocycles. The Morgan fingerprint density at radius 2 is 1.31 bits per heavy atom. The fourth-order valence-electron chi connectivity index (χ4n) is 4.35. The fourth-order valence-corrected chi connectivity index (χ4v) is 4.35. The van der Waals surface area contributed by atoms with E-state index in [2.05, 4.69) is 36.4 Å². The molecular formula is C27H30O5. The van der Waals surface area contributed by atoms with Crippen LogP contribution in [0.15, 0.2) is 84.9 Å². The van der Waals surface area contributed by atoms with Crippen LogP contribution < -0.4 is 4.74 Å². The fraction of sp³-hybridized carbons (Fsp3) is 0.333. The first-order chi connectivity index (χ1) is 15.7. The number of ether oxygens (including phenoxy) is 5. The SMILES string of the molecule is COc1ccc(C(OC[C@H]2O[C@H](OC)C[C@@H]2OC)(c2ccccc2)c2ccccc2)cc1. The van der Waals surface area contributed by atoms with Gasteiger partial charge in [-0.2, -0.15) is 0 Å². The smallest absolute Gasteiger partial charge is 0.160 e. The van der Waals surface area contributed by atoms with Crippen LogP contribution in [0.25, 0.3) is 0 Å². The van der Waals surface area contributed by atoms with Crippen molar-refractivity contribution >= 4 is 0 Å². The van der Waals surface area contributed by atoms with E-state index in [1.165, 1.54) is 0 Å². The van der Waals surface area contributed by atoms with Gasteiger partial charge in [-0.25, -0.2) is 0 Å². The van der Waals surface area contributed by atoms with Crippen molar-refractivity contribution in [3.8, 4) is 5.75 Å². The van der Waals surface area contributed by atoms with Crippen molar-refractivity contribution in [2.75, 3.05) is 27.9 Å². The Kier molecular flexibility index (Phi) is 7.22. The highest BCUT2D eigenvalue weighted by Crippen LogP contribution is 2.41. The van der Waals surface area contributed by atoms with Crippen molar-refractivity contribution < 1.29 is 23.7 Å². The molecule has 0 N–H and O–H groups in total. The van der Waals surface area contributed by atoms with Gasteiger partial charge >= 0.3 is 0 Å². The lowest BCUT2D eigenvalue weighted by Crippen LogP contribution is -2.38. The van der Waals surface area contributed by atoms with Gasteiger partial charge in [0.05, 0.1) is 19.8 Å². The third-order valence-corrected chi connectivity index (χ3v) is 6.05. The Bertz CT molecular complexity index is 919. The third-order valence-electron chi connectivity index (χ3n) is 6.05. The summed E-state index contributed by atoms with van der Waals surface area (Å²) in [5, 5.41) is 0. The minimum absolute atomic E-state index is 0.0972. The predicted octanol–water partition coefficient (Wildman–Crippen LogP) is 4.78. The molecule has 1 aliphatic rings. The van der Waals surface area contributed by atoms with Gasteiger partial charge in [-0.05, 0) is 28.8 Å². The summed E-state index contributed by atoms with van der Waals surface area (Å²) in [6.45, 7) is 0.341. The highest BCUT2D eigenvalue weighted by Gasteiger charge is 2.42. The van der Waals surface area contributed by atoms with Gasteiger partial charge in [0.1, 0.15) is 17.5 Å². The Morgan fingerprint density at radius 3 is 1.81 bits per heavy atom. The van der Waals surface area contributed by atoms with Gasteiger partial charge < -0.3 is 23.7 Å². The summed E-state index contributed by atoms with van der Waals surface area (Å²) in [5.74, 6) is 0.797. The molecule has 0 saturated carbocycles. The molecule has 3 atom stereocenters. The summed E-state index contributed by atoms with van der Waals surface area (Å²) in [5.41, 5.74) is 2.24. The molecule has 0 aromatic heterocycles. The van der Waals surface area contributed by atoms with E-state index in [9.17, 15) is 0 Å². The summed E-state index contributed by atoms with van der Waals surface area (Å²) < 4.78 is 29.4. The van der Waals surface area contributed by atoms with Crippen LogP contribution in [0.1, 0.15) is 23.1 Å². The van der Waals surface area contributed by atoms with E-state index in [1.807, 2.05) is 48.5 Å². The highest BCUT2D eigenvalue weighted by atomic mass is 16.7. The number of hydrogen-bond acceptors (Lipinski definition) is 5. The molecule has 0 aliphatic carbocycles. The molecule has 1 fully saturated rings. The molecule has 0 bridgehead atoms. The first-order valence-corrected chi connectivity index (χ1v) is 10.8. The van der Waals surface area contributed by atoms with E-state index in [4.69, 9.17) is 23.7 Å². The number of rotatable bonds is 9. The van der Waals surface area contributed by atoms with E-state index in [0.717, 1.165) is 22.4 Å². The van der Waals surface area contributed by atoms with Crippen molar-refractivity contribution in [3.63, 3.8) is 0 Å². The van der Waals surface area contributed by atoms with Crippen molar-refractivity contribution in [2.45, 2.75) is 30.5 Å². The van der Waals surface area contributed by atoms with Crippen LogP contribution in [-0.4, -0.2) is 46.4 Å². The van der Waals surface area contributed by atoms with Gasteiger partial charge in [0.25, 0.3) is 0 Å². The molecule has 0 radical (unpaired) electrons. The van der Waals surface area contributed by atoms with E-state index < -0.39 is 5.60 Å². The molecule has 4 rings (SSSR count). The molecule has 0 spiro atoms. The van der Waals surface area contributed by atoms with Gasteiger partial charge in [-0.1, -0.05) is 72.8 Å². The van der Waals surface area contributed by atoms with Crippen molar-refractivity contribution in [1.29, 1.82) is 0 Å². The zero-order valence-electron chi connectivity index (χ0n) is 18.8. The summed E-state index contributed by atoms with van der Waals surface area (Å²) in [6, 6.07) is 28.6. The molecule has 1 heterocycles. The van der Waals surface area contributed by atoms with Crippen LogP contribution in [-0.2, 0) is 24.5 Å². The van der Waals surface area contributed by atoms with Gasteiger partial charge in [0.15, 0.2) is 6.29 Å². The van der Waals surface area contributed by atoms with E-state index >= 15 is 0 Å². The second-order valence-electron chi connectivity index (χ2n) is 7.80. The van der Waals surface area contributed by atoms with Crippen molar-refractivity contribution in [1.82, 2.24) is 0 Å². The van der Waals surface area contributed by atoms with Crippen molar-refractivity contribution in [2.24, 2.45) is 0 Å². The maximum Gasteiger partial charge on any atom is 0.160 e. The van der Waals surface area contributed by atoms with Crippen LogP contribution in [0.4, 0.5) is 0 Å². The summed E-state index contributed by atoms with van der Waals surface area (Å²) in [6.07, 6.45) is 0.0419. The lowest BCUT2D eigenvalue weighted by atomic mass is 9.80. The van der Waals surface area contributed by atoms with Gasteiger partial charge in [-0.3, -0.25) is 0 Å². The zero-order valence-corrected chi connectivity index (χ0v) is 18.8. The predicted molar refractivity (Wildman–Crippen MR) is 123 cm³/mol. The summed E-state index contributed by atoms with van der Waals surface area (Å²) in [7, 11) is 5.02. The second-order valence-corrected chi connectivity index (χ2v) is 7.80. The Morgan fingerprint density at radius 1 is 0.750 bits per heavy atom. The second kappa shape index (κ2) is 10.3. The van der Waals surface area contributed by atoms with E-state index in [0.29, 0.717) is 13.0 Å². The standard InChI is InChI=1S/C27H30O5/c1-28-23-16-14-22(15-17-23)27(20-10-6-4-7-11-20,21-12-8-5-9-13-21)31-19-25-24(29-2)18-26(30-3)32-25/h4-17,24-26H,18-19H2,1-3H3/t24-,25+,26-/m0/s1. The normalized spacial score (nSPS) is 20.9. The lowest BCUT2D eigenvalue weighted by molar-refractivity contribution is -0.146. The average molecular weight is 435 g/mol. The van der Waals surface area contributed by atoms with Gasteiger partial charge in [0, 0.05) is 20.6 Å². The molecule has 32 heavy (non-hydrogen) atoms. The molecule has 5 nitrogen and oxygen atoms in total. The maximum absolute atomic E-state index is 6.87. The van der Waals surface area contributed by atoms with E-state index in [1.54, 1.807) is 21.3 Å². The van der Waals surface area contributed by atoms with Crippen LogP contribution in [0, 0.1) is 0 Å². The molecule has 0 unspecified atom stereocenters. The number of benzene rings is 3. The van der Waals surface area contributed by atoms with Crippen LogP contribution in [0.3, 0.4) is 0 Å². The molecule has 3 aromatic carbocycles. The zero-order chi connectivity index (χ0) is 22.4. The molecule has 168 valence electrons. The molecular weight excluding hydrogens is 404 g/mol. The quantitative estimate of drug-likeness (QED) is 0.454. The first kappa shape index (κ1) is 22.5. The van der Waals surface area contributed by atoms with Gasteiger partial charge in [-0.15, -0.1) is 0 Å². The Balaban J connectivity index is 1.79. The largest absolute Gasteiger partial charge is 0.497 e. The summed E-state index contributed by atoms with van der Waals surface area (Å²) >= 11 is 0. The lowest BCUT2D eigenvalue weighted by Gasteiger charge is -2.37. The molecule has 1 aliphatic heterocycles. The topological polar surface area (TPSA) is 46.2 Å². The monoisotopic (exact) mass is 434 g/mol. The molecule has 0 amide bonds. The number of methoxy groups -OCH3 is 3. The van der Waals surface area contributed by atoms with Gasteiger partial charge in [0.2, 0.25) is 0 Å². The maximum atomic E-state index is 6.87. The third kappa shape index (κ3) is 4.43. The van der Waals surface area contributed by atoms with Crippen molar-refractivity contribution in [3.05, 3.63) is 102 Å². The van der Waals surface area contributed by atoms with Crippen LogP contribution >= 0.6 is 0 Å².